The molecule has 1 saturated heterocycles. The molecule has 2 aromatic rings. The fourth-order valence-electron chi connectivity index (χ4n) is 2.35. The van der Waals surface area contributed by atoms with Crippen LogP contribution in [0, 0.1) is 0 Å². The van der Waals surface area contributed by atoms with Crippen molar-refractivity contribution < 1.29 is 14.4 Å². The van der Waals surface area contributed by atoms with Gasteiger partial charge in [-0.3, -0.25) is 14.9 Å². The van der Waals surface area contributed by atoms with Crippen molar-refractivity contribution in [2.45, 2.75) is 0 Å². The number of hydrogen-bond acceptors (Lipinski definition) is 3. The molecule has 1 heterocycles. The summed E-state index contributed by atoms with van der Waals surface area (Å²) in [6.07, 6.45) is 4.73. The van der Waals surface area contributed by atoms with E-state index in [-0.39, 0.29) is 5.57 Å². The maximum Gasteiger partial charge on any atom is 0.335 e. The van der Waals surface area contributed by atoms with Gasteiger partial charge in [-0.15, -0.1) is 0 Å². The molecule has 1 N–H and O–H groups in total. The van der Waals surface area contributed by atoms with Crippen molar-refractivity contribution in [2.75, 3.05) is 4.90 Å². The number of benzene rings is 2. The summed E-state index contributed by atoms with van der Waals surface area (Å²) in [7, 11) is 0. The summed E-state index contributed by atoms with van der Waals surface area (Å²) in [6.45, 7) is 0. The quantitative estimate of drug-likeness (QED) is 0.678. The summed E-state index contributed by atoms with van der Waals surface area (Å²) in [4.78, 5) is 37.5. The summed E-state index contributed by atoms with van der Waals surface area (Å²) in [5.74, 6) is -1.43. The van der Waals surface area contributed by atoms with Crippen molar-refractivity contribution in [2.24, 2.45) is 0 Å². The average molecular weight is 353 g/mol. The number of nitrogens with zero attached hydrogens (tertiary/aromatic N) is 1. The lowest BCUT2D eigenvalue weighted by atomic mass is 10.1. The van der Waals surface area contributed by atoms with Gasteiger partial charge in [0.1, 0.15) is 5.57 Å². The molecule has 6 heteroatoms. The van der Waals surface area contributed by atoms with Crippen LogP contribution in [0.15, 0.2) is 72.3 Å². The second kappa shape index (κ2) is 7.15. The summed E-state index contributed by atoms with van der Waals surface area (Å²) in [5, 5.41) is 2.54. The van der Waals surface area contributed by atoms with Gasteiger partial charge in [0.05, 0.1) is 5.69 Å². The number of barbiturate groups is 1. The largest absolute Gasteiger partial charge is 0.335 e. The van der Waals surface area contributed by atoms with E-state index in [9.17, 15) is 14.4 Å². The maximum absolute atomic E-state index is 12.6. The van der Waals surface area contributed by atoms with E-state index in [2.05, 4.69) is 5.32 Å². The summed E-state index contributed by atoms with van der Waals surface area (Å²) >= 11 is 5.91. The second-order valence-electron chi connectivity index (χ2n) is 5.23. The van der Waals surface area contributed by atoms with Crippen LogP contribution in [0.3, 0.4) is 0 Å². The van der Waals surface area contributed by atoms with E-state index in [1.165, 1.54) is 12.1 Å². The van der Waals surface area contributed by atoms with Gasteiger partial charge in [0.2, 0.25) is 0 Å². The Hall–Kier alpha value is -3.18. The lowest BCUT2D eigenvalue weighted by Gasteiger charge is -2.26. The first kappa shape index (κ1) is 16.7. The Morgan fingerprint density at radius 3 is 2.44 bits per heavy atom. The predicted molar refractivity (Wildman–Crippen MR) is 96.0 cm³/mol. The van der Waals surface area contributed by atoms with Crippen LogP contribution >= 0.6 is 11.6 Å². The van der Waals surface area contributed by atoms with Crippen LogP contribution in [0.5, 0.6) is 0 Å². The highest BCUT2D eigenvalue weighted by atomic mass is 35.5. The standard InChI is InChI=1S/C19H13ClN2O3/c20-14-9-5-10-15(12-14)22-18(24)16(17(23)21-19(22)25)11-4-8-13-6-2-1-3-7-13/h1-12H,(H,21,23,25). The second-order valence-corrected chi connectivity index (χ2v) is 5.67. The molecule has 0 bridgehead atoms. The number of nitrogens with one attached hydrogen (secondary N) is 1. The Morgan fingerprint density at radius 2 is 1.72 bits per heavy atom. The fraction of sp³-hybridized carbons (Fsp3) is 0. The van der Waals surface area contributed by atoms with E-state index >= 15 is 0 Å². The first-order valence-corrected chi connectivity index (χ1v) is 7.83. The minimum Gasteiger partial charge on any atom is -0.273 e. The van der Waals surface area contributed by atoms with Gasteiger partial charge in [-0.2, -0.15) is 0 Å². The van der Waals surface area contributed by atoms with Gasteiger partial charge in [0, 0.05) is 5.02 Å². The Bertz CT molecular complexity index is 904. The molecule has 4 amide bonds. The zero-order chi connectivity index (χ0) is 17.8. The van der Waals surface area contributed by atoms with Crippen molar-refractivity contribution in [3.05, 3.63) is 82.9 Å². The zero-order valence-electron chi connectivity index (χ0n) is 13.0. The van der Waals surface area contributed by atoms with E-state index in [1.54, 1.807) is 30.4 Å². The fourth-order valence-corrected chi connectivity index (χ4v) is 2.53. The van der Waals surface area contributed by atoms with Crippen LogP contribution in [-0.4, -0.2) is 17.8 Å². The van der Waals surface area contributed by atoms with E-state index < -0.39 is 17.8 Å². The third-order valence-electron chi connectivity index (χ3n) is 3.52. The Balaban J connectivity index is 1.90. The van der Waals surface area contributed by atoms with Gasteiger partial charge in [0.15, 0.2) is 0 Å². The number of imide groups is 2. The molecule has 3 rings (SSSR count). The molecule has 1 aliphatic rings. The van der Waals surface area contributed by atoms with Crippen molar-refractivity contribution >= 4 is 41.2 Å². The van der Waals surface area contributed by atoms with Crippen molar-refractivity contribution in [1.82, 2.24) is 5.32 Å². The SMILES string of the molecule is O=C1NC(=O)N(c2cccc(Cl)c2)C(=O)C1=CC=Cc1ccccc1. The minimum absolute atomic E-state index is 0.133. The first-order chi connectivity index (χ1) is 12.1. The molecule has 2 aromatic carbocycles. The molecular weight excluding hydrogens is 340 g/mol. The zero-order valence-corrected chi connectivity index (χ0v) is 13.7. The normalized spacial score (nSPS) is 16.6. The van der Waals surface area contributed by atoms with Crippen LogP contribution in [0.25, 0.3) is 6.08 Å². The van der Waals surface area contributed by atoms with Gasteiger partial charge < -0.3 is 0 Å². The van der Waals surface area contributed by atoms with Crippen LogP contribution in [0.1, 0.15) is 5.56 Å². The van der Waals surface area contributed by atoms with Gasteiger partial charge in [-0.05, 0) is 29.8 Å². The Labute approximate surface area is 149 Å². The van der Waals surface area contributed by atoms with Crippen LogP contribution in [-0.2, 0) is 9.59 Å². The number of carbonyl (C=O) groups is 3. The summed E-state index contributed by atoms with van der Waals surface area (Å²) in [5.41, 5.74) is 1.08. The molecule has 1 aliphatic heterocycles. The highest BCUT2D eigenvalue weighted by Gasteiger charge is 2.36. The summed E-state index contributed by atoms with van der Waals surface area (Å²) < 4.78 is 0. The predicted octanol–water partition coefficient (Wildman–Crippen LogP) is 3.56. The van der Waals surface area contributed by atoms with E-state index in [1.807, 2.05) is 30.3 Å². The van der Waals surface area contributed by atoms with Crippen LogP contribution in [0.2, 0.25) is 5.02 Å². The molecule has 0 aromatic heterocycles. The Morgan fingerprint density at radius 1 is 0.960 bits per heavy atom. The lowest BCUT2D eigenvalue weighted by Crippen LogP contribution is -2.54. The van der Waals surface area contributed by atoms with Gasteiger partial charge in [-0.1, -0.05) is 60.2 Å². The number of hydrogen-bond donors (Lipinski definition) is 1. The van der Waals surface area contributed by atoms with Crippen LogP contribution < -0.4 is 10.2 Å². The number of allylic oxidation sites excluding steroid dienone is 2. The van der Waals surface area contributed by atoms with Gasteiger partial charge >= 0.3 is 6.03 Å². The topological polar surface area (TPSA) is 66.5 Å². The molecule has 0 atom stereocenters. The molecule has 0 saturated carbocycles. The average Bonchev–Trinajstić information content (AvgIpc) is 2.58. The van der Waals surface area contributed by atoms with Crippen molar-refractivity contribution in [3.63, 3.8) is 0 Å². The molecule has 25 heavy (non-hydrogen) atoms. The van der Waals surface area contributed by atoms with Gasteiger partial charge in [-0.25, -0.2) is 9.69 Å². The van der Waals surface area contributed by atoms with E-state index in [4.69, 9.17) is 11.6 Å². The number of rotatable bonds is 3. The summed E-state index contributed by atoms with van der Waals surface area (Å²) in [6, 6.07) is 14.9. The molecular formula is C19H13ClN2O3. The third kappa shape index (κ3) is 3.67. The third-order valence-corrected chi connectivity index (χ3v) is 3.75. The van der Waals surface area contributed by atoms with E-state index in [0.717, 1.165) is 10.5 Å². The lowest BCUT2D eigenvalue weighted by molar-refractivity contribution is -0.122. The number of amides is 4. The first-order valence-electron chi connectivity index (χ1n) is 7.45. The monoisotopic (exact) mass is 352 g/mol. The Kier molecular flexibility index (Phi) is 4.77. The van der Waals surface area contributed by atoms with Crippen molar-refractivity contribution in [1.29, 1.82) is 0 Å². The molecule has 0 radical (unpaired) electrons. The highest BCUT2D eigenvalue weighted by Crippen LogP contribution is 2.23. The van der Waals surface area contributed by atoms with Crippen molar-refractivity contribution in [3.8, 4) is 0 Å². The molecule has 124 valence electrons. The molecule has 0 aliphatic carbocycles. The number of anilines is 1. The minimum atomic E-state index is -0.804. The molecule has 1 fully saturated rings. The maximum atomic E-state index is 12.6. The molecule has 0 spiro atoms. The number of halogens is 1. The molecule has 0 unspecified atom stereocenters. The highest BCUT2D eigenvalue weighted by molar-refractivity contribution is 6.38. The van der Waals surface area contributed by atoms with Crippen LogP contribution in [0.4, 0.5) is 10.5 Å². The molecule has 5 nitrogen and oxygen atoms in total. The van der Waals surface area contributed by atoms with E-state index in [0.29, 0.717) is 10.7 Å². The smallest absolute Gasteiger partial charge is 0.273 e. The number of carbonyl (C=O) groups excluding carboxylic acids is 3. The van der Waals surface area contributed by atoms with Gasteiger partial charge in [0.25, 0.3) is 11.8 Å². The number of urea groups is 1.